The van der Waals surface area contributed by atoms with Gasteiger partial charge in [-0.25, -0.2) is 0 Å². The third-order valence-electron chi connectivity index (χ3n) is 8.43. The summed E-state index contributed by atoms with van der Waals surface area (Å²) < 4.78 is 0. The molecule has 4 fully saturated rings. The van der Waals surface area contributed by atoms with Crippen molar-refractivity contribution in [1.29, 1.82) is 0 Å². The van der Waals surface area contributed by atoms with E-state index in [4.69, 9.17) is 0 Å². The maximum atomic E-state index is 13.2. The van der Waals surface area contributed by atoms with Crippen LogP contribution in [-0.2, 0) is 23.2 Å². The fraction of sp³-hybridized carbons (Fsp3) is 0.519. The fourth-order valence-electron chi connectivity index (χ4n) is 7.77. The highest BCUT2D eigenvalue weighted by Crippen LogP contribution is 2.62. The number of fused-ring (bicyclic) bond motifs is 1. The van der Waals surface area contributed by atoms with Crippen LogP contribution in [0.4, 0.5) is 0 Å². The summed E-state index contributed by atoms with van der Waals surface area (Å²) in [6.45, 7) is 2.41. The summed E-state index contributed by atoms with van der Waals surface area (Å²) in [4.78, 5) is 15.5. The molecular formula is C27H32N2O. The summed E-state index contributed by atoms with van der Waals surface area (Å²) in [5, 5.41) is 3.61. The van der Waals surface area contributed by atoms with Gasteiger partial charge in [-0.3, -0.25) is 9.69 Å². The monoisotopic (exact) mass is 400 g/mol. The zero-order valence-corrected chi connectivity index (χ0v) is 17.8. The van der Waals surface area contributed by atoms with Crippen molar-refractivity contribution >= 4 is 5.91 Å². The Balaban J connectivity index is 1.18. The molecule has 2 aromatic carbocycles. The van der Waals surface area contributed by atoms with E-state index in [1.165, 1.54) is 48.8 Å². The molecule has 1 amide bonds. The number of rotatable bonds is 4. The van der Waals surface area contributed by atoms with Crippen molar-refractivity contribution in [3.63, 3.8) is 0 Å². The van der Waals surface area contributed by atoms with Crippen LogP contribution in [0.25, 0.3) is 0 Å². The van der Waals surface area contributed by atoms with Crippen molar-refractivity contribution in [2.24, 2.45) is 11.8 Å². The summed E-state index contributed by atoms with van der Waals surface area (Å²) in [6.07, 6.45) is 8.55. The Kier molecular flexibility index (Phi) is 4.31. The summed E-state index contributed by atoms with van der Waals surface area (Å²) in [5.74, 6) is 1.78. The molecule has 4 atom stereocenters. The zero-order chi connectivity index (χ0) is 20.2. The van der Waals surface area contributed by atoms with E-state index in [0.29, 0.717) is 6.54 Å². The standard InChI is InChI=1S/C27H32N2O/c30-25(18-29-11-10-22-6-4-5-7-23(22)17-29)28-27-15-20-12-21(16-27)14-26(13-20,19-27)24-8-2-1-3-9-24/h1-9,20-21H,10-19H2,(H,28,30)/t20-,21+,26-,27-. The smallest absolute Gasteiger partial charge is 0.234 e. The van der Waals surface area contributed by atoms with E-state index in [9.17, 15) is 4.79 Å². The summed E-state index contributed by atoms with van der Waals surface area (Å²) >= 11 is 0. The molecule has 7 rings (SSSR count). The molecule has 4 bridgehead atoms. The van der Waals surface area contributed by atoms with Gasteiger partial charge in [0.05, 0.1) is 6.54 Å². The first-order valence-electron chi connectivity index (χ1n) is 11.8. The molecule has 0 radical (unpaired) electrons. The van der Waals surface area contributed by atoms with Crippen LogP contribution < -0.4 is 5.32 Å². The van der Waals surface area contributed by atoms with E-state index in [1.54, 1.807) is 0 Å². The number of hydrogen-bond donors (Lipinski definition) is 1. The minimum absolute atomic E-state index is 0.0186. The molecule has 4 aliphatic carbocycles. The normalized spacial score (nSPS) is 34.5. The quantitative estimate of drug-likeness (QED) is 0.822. The molecule has 1 N–H and O–H groups in total. The maximum absolute atomic E-state index is 13.2. The molecule has 2 aromatic rings. The second-order valence-corrected chi connectivity index (χ2v) is 10.7. The van der Waals surface area contributed by atoms with Gasteiger partial charge >= 0.3 is 0 Å². The highest BCUT2D eigenvalue weighted by molar-refractivity contribution is 5.79. The highest BCUT2D eigenvalue weighted by Gasteiger charge is 2.58. The number of hydrogen-bond acceptors (Lipinski definition) is 2. The highest BCUT2D eigenvalue weighted by atomic mass is 16.2. The molecule has 0 aromatic heterocycles. The average molecular weight is 401 g/mol. The van der Waals surface area contributed by atoms with Gasteiger partial charge in [-0.05, 0) is 78.9 Å². The first-order valence-corrected chi connectivity index (χ1v) is 11.8. The van der Waals surface area contributed by atoms with Crippen molar-refractivity contribution in [3.05, 3.63) is 71.3 Å². The van der Waals surface area contributed by atoms with Crippen LogP contribution in [-0.4, -0.2) is 29.4 Å². The van der Waals surface area contributed by atoms with Crippen molar-refractivity contribution in [1.82, 2.24) is 10.2 Å². The van der Waals surface area contributed by atoms with Gasteiger partial charge in [0.2, 0.25) is 5.91 Å². The number of amides is 1. The molecule has 5 aliphatic rings. The molecule has 3 nitrogen and oxygen atoms in total. The molecule has 4 saturated carbocycles. The van der Waals surface area contributed by atoms with Crippen LogP contribution in [0.15, 0.2) is 54.6 Å². The number of nitrogens with one attached hydrogen (secondary N) is 1. The van der Waals surface area contributed by atoms with E-state index in [1.807, 2.05) is 0 Å². The predicted molar refractivity (Wildman–Crippen MR) is 119 cm³/mol. The molecule has 0 spiro atoms. The van der Waals surface area contributed by atoms with E-state index >= 15 is 0 Å². The Morgan fingerprint density at radius 3 is 2.40 bits per heavy atom. The van der Waals surface area contributed by atoms with Crippen LogP contribution in [0, 0.1) is 11.8 Å². The van der Waals surface area contributed by atoms with Gasteiger partial charge in [0.15, 0.2) is 0 Å². The van der Waals surface area contributed by atoms with E-state index in [0.717, 1.165) is 37.8 Å². The molecule has 1 heterocycles. The van der Waals surface area contributed by atoms with Crippen molar-refractivity contribution < 1.29 is 4.79 Å². The summed E-state index contributed by atoms with van der Waals surface area (Å²) in [7, 11) is 0. The Bertz CT molecular complexity index is 938. The minimum Gasteiger partial charge on any atom is -0.350 e. The van der Waals surface area contributed by atoms with Gasteiger partial charge in [0.1, 0.15) is 0 Å². The predicted octanol–water partition coefficient (Wildman–Crippen LogP) is 4.45. The van der Waals surface area contributed by atoms with E-state index in [-0.39, 0.29) is 16.9 Å². The molecular weight excluding hydrogens is 368 g/mol. The zero-order valence-electron chi connectivity index (χ0n) is 17.8. The van der Waals surface area contributed by atoms with Crippen molar-refractivity contribution in [2.75, 3.05) is 13.1 Å². The number of nitrogens with zero attached hydrogens (tertiary/aromatic N) is 1. The van der Waals surface area contributed by atoms with E-state index < -0.39 is 0 Å². The van der Waals surface area contributed by atoms with Gasteiger partial charge in [-0.1, -0.05) is 54.6 Å². The first-order chi connectivity index (χ1) is 14.6. The molecule has 1 aliphatic heterocycles. The third kappa shape index (κ3) is 3.19. The van der Waals surface area contributed by atoms with Gasteiger partial charge in [-0.2, -0.15) is 0 Å². The van der Waals surface area contributed by atoms with Gasteiger partial charge < -0.3 is 5.32 Å². The average Bonchev–Trinajstić information content (AvgIpc) is 2.73. The van der Waals surface area contributed by atoms with Crippen LogP contribution in [0.3, 0.4) is 0 Å². The molecule has 0 saturated heterocycles. The Morgan fingerprint density at radius 1 is 0.933 bits per heavy atom. The topological polar surface area (TPSA) is 32.3 Å². The van der Waals surface area contributed by atoms with E-state index in [2.05, 4.69) is 64.8 Å². The fourth-order valence-corrected chi connectivity index (χ4v) is 7.77. The largest absolute Gasteiger partial charge is 0.350 e. The molecule has 3 heteroatoms. The van der Waals surface area contributed by atoms with Gasteiger partial charge in [0, 0.05) is 18.6 Å². The van der Waals surface area contributed by atoms with Crippen LogP contribution in [0.1, 0.15) is 55.2 Å². The lowest BCUT2D eigenvalue weighted by atomic mass is 9.45. The van der Waals surface area contributed by atoms with Crippen LogP contribution in [0.2, 0.25) is 0 Å². The van der Waals surface area contributed by atoms with Gasteiger partial charge in [0.25, 0.3) is 0 Å². The number of carbonyl (C=O) groups is 1. The SMILES string of the molecule is O=C(CN1CCc2ccccc2C1)N[C@@]12C[C@H]3C[C@@H](C1)C[C@@](c1ccccc1)(C3)C2. The van der Waals surface area contributed by atoms with Crippen molar-refractivity contribution in [3.8, 4) is 0 Å². The Hall–Kier alpha value is -2.13. The van der Waals surface area contributed by atoms with Gasteiger partial charge in [-0.15, -0.1) is 0 Å². The maximum Gasteiger partial charge on any atom is 0.234 e. The first kappa shape index (κ1) is 18.6. The lowest BCUT2D eigenvalue weighted by molar-refractivity contribution is -0.129. The lowest BCUT2D eigenvalue weighted by Crippen LogP contribution is -2.65. The number of benzene rings is 2. The molecule has 0 unspecified atom stereocenters. The van der Waals surface area contributed by atoms with Crippen molar-refractivity contribution in [2.45, 2.75) is 62.4 Å². The third-order valence-corrected chi connectivity index (χ3v) is 8.43. The lowest BCUT2D eigenvalue weighted by Gasteiger charge is -2.62. The molecule has 156 valence electrons. The summed E-state index contributed by atoms with van der Waals surface area (Å²) in [5.41, 5.74) is 4.63. The Labute approximate surface area is 179 Å². The Morgan fingerprint density at radius 2 is 1.63 bits per heavy atom. The second kappa shape index (κ2) is 6.95. The van der Waals surface area contributed by atoms with Crippen LogP contribution >= 0.6 is 0 Å². The second-order valence-electron chi connectivity index (χ2n) is 10.7. The summed E-state index contributed by atoms with van der Waals surface area (Å²) in [6, 6.07) is 19.8. The van der Waals surface area contributed by atoms with Crippen LogP contribution in [0.5, 0.6) is 0 Å². The number of carbonyl (C=O) groups excluding carboxylic acids is 1. The molecule has 30 heavy (non-hydrogen) atoms. The minimum atomic E-state index is 0.0186.